The lowest BCUT2D eigenvalue weighted by atomic mass is 9.89. The summed E-state index contributed by atoms with van der Waals surface area (Å²) in [6, 6.07) is 2.11. The van der Waals surface area contributed by atoms with Gasteiger partial charge in [0.2, 0.25) is 5.91 Å². The number of pyridine rings is 1. The Bertz CT molecular complexity index is 759. The summed E-state index contributed by atoms with van der Waals surface area (Å²) in [6.45, 7) is -0.0270. The SMILES string of the molecule is N#C[C@@H]1CC(F)(F)CN1C(=O)CNC(=O)c1ccncc1C1CCOCC1. The number of carbonyl (C=O) groups excluding carboxylic acids is 2. The number of hydrogen-bond donors (Lipinski definition) is 1. The van der Waals surface area contributed by atoms with E-state index in [1.165, 1.54) is 6.20 Å². The zero-order chi connectivity index (χ0) is 19.4. The molecule has 2 aliphatic heterocycles. The molecule has 9 heteroatoms. The normalized spacial score (nSPS) is 22.3. The molecule has 1 N–H and O–H groups in total. The standard InChI is InChI=1S/C18H20F2N4O3/c19-18(20)7-13(8-21)24(11-18)16(25)10-23-17(26)14-1-4-22-9-15(14)12-2-5-27-6-3-12/h1,4,9,12-13H,2-3,5-7,10-11H2,(H,23,26)/t13-/m0/s1. The van der Waals surface area contributed by atoms with Crippen molar-refractivity contribution in [2.45, 2.75) is 37.1 Å². The molecule has 0 aromatic carbocycles. The van der Waals surface area contributed by atoms with Crippen LogP contribution in [0.1, 0.15) is 41.1 Å². The van der Waals surface area contributed by atoms with Crippen LogP contribution in [0.3, 0.4) is 0 Å². The van der Waals surface area contributed by atoms with Crippen molar-refractivity contribution in [1.29, 1.82) is 5.26 Å². The van der Waals surface area contributed by atoms with Crippen LogP contribution in [0, 0.1) is 11.3 Å². The number of nitriles is 1. The molecule has 2 amide bonds. The van der Waals surface area contributed by atoms with Gasteiger partial charge in [-0.15, -0.1) is 0 Å². The Balaban J connectivity index is 1.65. The third kappa shape index (κ3) is 4.39. The number of nitrogens with zero attached hydrogens (tertiary/aromatic N) is 3. The molecule has 1 aromatic heterocycles. The molecule has 2 aliphatic rings. The molecule has 7 nitrogen and oxygen atoms in total. The fraction of sp³-hybridized carbons (Fsp3) is 0.556. The van der Waals surface area contributed by atoms with Crippen molar-refractivity contribution in [1.82, 2.24) is 15.2 Å². The molecule has 2 saturated heterocycles. The van der Waals surface area contributed by atoms with Gasteiger partial charge in [-0.05, 0) is 30.4 Å². The summed E-state index contributed by atoms with van der Waals surface area (Å²) in [4.78, 5) is 29.7. The van der Waals surface area contributed by atoms with E-state index >= 15 is 0 Å². The monoisotopic (exact) mass is 378 g/mol. The number of alkyl halides is 2. The van der Waals surface area contributed by atoms with Crippen molar-refractivity contribution >= 4 is 11.8 Å². The van der Waals surface area contributed by atoms with Crippen molar-refractivity contribution < 1.29 is 23.1 Å². The van der Waals surface area contributed by atoms with Gasteiger partial charge < -0.3 is 15.0 Å². The number of nitrogens with one attached hydrogen (secondary N) is 1. The average molecular weight is 378 g/mol. The second-order valence-electron chi connectivity index (χ2n) is 6.76. The fourth-order valence-electron chi connectivity index (χ4n) is 3.49. The van der Waals surface area contributed by atoms with Crippen molar-refractivity contribution in [3.8, 4) is 6.07 Å². The van der Waals surface area contributed by atoms with E-state index in [1.807, 2.05) is 0 Å². The molecule has 2 fully saturated rings. The van der Waals surface area contributed by atoms with E-state index < -0.39 is 43.3 Å². The Morgan fingerprint density at radius 2 is 2.15 bits per heavy atom. The molecule has 0 bridgehead atoms. The Labute approximate surface area is 155 Å². The lowest BCUT2D eigenvalue weighted by Crippen LogP contribution is -2.43. The quantitative estimate of drug-likeness (QED) is 0.856. The zero-order valence-corrected chi connectivity index (χ0v) is 14.7. The van der Waals surface area contributed by atoms with Crippen molar-refractivity contribution in [2.24, 2.45) is 0 Å². The summed E-state index contributed by atoms with van der Waals surface area (Å²) < 4.78 is 32.3. The highest BCUT2D eigenvalue weighted by Crippen LogP contribution is 2.32. The summed E-state index contributed by atoms with van der Waals surface area (Å²) in [6.07, 6.45) is 4.00. The van der Waals surface area contributed by atoms with E-state index in [0.717, 1.165) is 23.3 Å². The molecule has 144 valence electrons. The first-order chi connectivity index (χ1) is 12.9. The molecule has 3 heterocycles. The first-order valence-electron chi connectivity index (χ1n) is 8.78. The van der Waals surface area contributed by atoms with Gasteiger partial charge in [0.25, 0.3) is 11.8 Å². The molecule has 3 rings (SSSR count). The molecule has 0 saturated carbocycles. The Morgan fingerprint density at radius 3 is 2.85 bits per heavy atom. The van der Waals surface area contributed by atoms with Crippen LogP contribution in [0.4, 0.5) is 8.78 Å². The van der Waals surface area contributed by atoms with Crippen LogP contribution < -0.4 is 5.32 Å². The van der Waals surface area contributed by atoms with Crippen LogP contribution in [0.15, 0.2) is 18.5 Å². The van der Waals surface area contributed by atoms with Crippen LogP contribution >= 0.6 is 0 Å². The minimum Gasteiger partial charge on any atom is -0.381 e. The van der Waals surface area contributed by atoms with Gasteiger partial charge in [-0.3, -0.25) is 14.6 Å². The fourth-order valence-corrected chi connectivity index (χ4v) is 3.49. The molecule has 0 aliphatic carbocycles. The first kappa shape index (κ1) is 19.2. The topological polar surface area (TPSA) is 95.3 Å². The molecule has 0 spiro atoms. The second kappa shape index (κ2) is 7.96. The minimum atomic E-state index is -3.08. The van der Waals surface area contributed by atoms with E-state index in [1.54, 1.807) is 18.3 Å². The third-order valence-corrected chi connectivity index (χ3v) is 4.90. The van der Waals surface area contributed by atoms with E-state index in [0.29, 0.717) is 18.8 Å². The summed E-state index contributed by atoms with van der Waals surface area (Å²) in [5.74, 6) is -4.11. The molecule has 1 atom stereocenters. The van der Waals surface area contributed by atoms with E-state index in [-0.39, 0.29) is 5.92 Å². The number of carbonyl (C=O) groups is 2. The minimum absolute atomic E-state index is 0.143. The predicted molar refractivity (Wildman–Crippen MR) is 90.0 cm³/mol. The molecule has 27 heavy (non-hydrogen) atoms. The highest BCUT2D eigenvalue weighted by atomic mass is 19.3. The molecular formula is C18H20F2N4O3. The molecule has 0 unspecified atom stereocenters. The maximum absolute atomic E-state index is 13.5. The lowest BCUT2D eigenvalue weighted by molar-refractivity contribution is -0.131. The van der Waals surface area contributed by atoms with Gasteiger partial charge in [0.1, 0.15) is 6.04 Å². The van der Waals surface area contributed by atoms with Gasteiger partial charge in [0.15, 0.2) is 0 Å². The number of likely N-dealkylation sites (tertiary alicyclic amines) is 1. The molecular weight excluding hydrogens is 358 g/mol. The first-order valence-corrected chi connectivity index (χ1v) is 8.78. The van der Waals surface area contributed by atoms with Crippen LogP contribution in [0.5, 0.6) is 0 Å². The van der Waals surface area contributed by atoms with Crippen molar-refractivity contribution in [3.05, 3.63) is 29.6 Å². The Morgan fingerprint density at radius 1 is 1.41 bits per heavy atom. The lowest BCUT2D eigenvalue weighted by Gasteiger charge is -2.24. The highest BCUT2D eigenvalue weighted by molar-refractivity contribution is 5.97. The third-order valence-electron chi connectivity index (χ3n) is 4.90. The van der Waals surface area contributed by atoms with Crippen molar-refractivity contribution in [2.75, 3.05) is 26.3 Å². The smallest absolute Gasteiger partial charge is 0.268 e. The maximum Gasteiger partial charge on any atom is 0.268 e. The average Bonchev–Trinajstić information content (AvgIpc) is 3.01. The highest BCUT2D eigenvalue weighted by Gasteiger charge is 2.47. The number of rotatable bonds is 4. The van der Waals surface area contributed by atoms with Gasteiger partial charge in [-0.2, -0.15) is 5.26 Å². The van der Waals surface area contributed by atoms with Crippen LogP contribution in [-0.4, -0.2) is 60.0 Å². The van der Waals surface area contributed by atoms with Crippen molar-refractivity contribution in [3.63, 3.8) is 0 Å². The number of amides is 2. The summed E-state index contributed by atoms with van der Waals surface area (Å²) in [7, 11) is 0. The molecule has 0 radical (unpaired) electrons. The van der Waals surface area contributed by atoms with Crippen LogP contribution in [-0.2, 0) is 9.53 Å². The van der Waals surface area contributed by atoms with Gasteiger partial charge in [0, 0.05) is 37.6 Å². The van der Waals surface area contributed by atoms with Gasteiger partial charge in [0.05, 0.1) is 19.2 Å². The van der Waals surface area contributed by atoms with E-state index in [9.17, 15) is 18.4 Å². The van der Waals surface area contributed by atoms with Gasteiger partial charge in [-0.25, -0.2) is 8.78 Å². The Kier molecular flexibility index (Phi) is 5.65. The summed E-state index contributed by atoms with van der Waals surface area (Å²) in [5.41, 5.74) is 1.20. The predicted octanol–water partition coefficient (Wildman–Crippen LogP) is 1.47. The zero-order valence-electron chi connectivity index (χ0n) is 14.7. The van der Waals surface area contributed by atoms with Gasteiger partial charge >= 0.3 is 0 Å². The number of ether oxygens (including phenoxy) is 1. The van der Waals surface area contributed by atoms with Crippen LogP contribution in [0.2, 0.25) is 0 Å². The van der Waals surface area contributed by atoms with Crippen LogP contribution in [0.25, 0.3) is 0 Å². The summed E-state index contributed by atoms with van der Waals surface area (Å²) >= 11 is 0. The van der Waals surface area contributed by atoms with Gasteiger partial charge in [-0.1, -0.05) is 0 Å². The largest absolute Gasteiger partial charge is 0.381 e. The Hall–Kier alpha value is -2.60. The maximum atomic E-state index is 13.5. The van der Waals surface area contributed by atoms with E-state index in [2.05, 4.69) is 10.3 Å². The number of halogens is 2. The second-order valence-corrected chi connectivity index (χ2v) is 6.76. The summed E-state index contributed by atoms with van der Waals surface area (Å²) in [5, 5.41) is 11.5. The number of aromatic nitrogens is 1. The number of hydrogen-bond acceptors (Lipinski definition) is 5. The molecule has 1 aromatic rings. The van der Waals surface area contributed by atoms with E-state index in [4.69, 9.17) is 10.00 Å².